The molecule has 1 heterocycles. The molecule has 1 aliphatic rings. The van der Waals surface area contributed by atoms with Crippen molar-refractivity contribution in [2.75, 3.05) is 0 Å². The Labute approximate surface area is 119 Å². The topological polar surface area (TPSA) is 57.8 Å². The third-order valence-corrected chi connectivity index (χ3v) is 4.15. The molecule has 0 spiro atoms. The Kier molecular flexibility index (Phi) is 3.72. The number of fused-ring (bicyclic) bond motifs is 1. The molecule has 106 valence electrons. The molecule has 1 aromatic carbocycles. The molecule has 0 aliphatic heterocycles. The number of benzene rings is 1. The maximum atomic E-state index is 12.2. The number of amides is 1. The number of rotatable bonds is 3. The molecule has 0 bridgehead atoms. The van der Waals surface area contributed by atoms with Crippen LogP contribution in [0, 0.1) is 5.92 Å². The molecular formula is C16H21N3O. The van der Waals surface area contributed by atoms with Gasteiger partial charge in [-0.1, -0.05) is 31.4 Å². The highest BCUT2D eigenvalue weighted by Crippen LogP contribution is 2.24. The molecule has 1 atom stereocenters. The van der Waals surface area contributed by atoms with Crippen LogP contribution in [0.1, 0.15) is 50.9 Å². The number of hydrogen-bond acceptors (Lipinski definition) is 2. The van der Waals surface area contributed by atoms with E-state index in [1.54, 1.807) is 0 Å². The summed E-state index contributed by atoms with van der Waals surface area (Å²) in [5, 5.41) is 3.09. The molecule has 20 heavy (non-hydrogen) atoms. The van der Waals surface area contributed by atoms with E-state index in [1.807, 2.05) is 31.2 Å². The first-order valence-corrected chi connectivity index (χ1v) is 7.49. The lowest BCUT2D eigenvalue weighted by Gasteiger charge is -2.22. The number of imidazole rings is 1. The highest BCUT2D eigenvalue weighted by molar-refractivity contribution is 5.79. The third kappa shape index (κ3) is 2.69. The summed E-state index contributed by atoms with van der Waals surface area (Å²) in [5.74, 6) is 1.20. The van der Waals surface area contributed by atoms with E-state index in [0.29, 0.717) is 0 Å². The normalized spacial score (nSPS) is 18.1. The average molecular weight is 271 g/mol. The Hall–Kier alpha value is -1.84. The van der Waals surface area contributed by atoms with Crippen molar-refractivity contribution in [3.05, 3.63) is 30.1 Å². The van der Waals surface area contributed by atoms with Gasteiger partial charge in [0.2, 0.25) is 5.91 Å². The zero-order chi connectivity index (χ0) is 13.9. The van der Waals surface area contributed by atoms with E-state index >= 15 is 0 Å². The van der Waals surface area contributed by atoms with Crippen molar-refractivity contribution in [2.24, 2.45) is 5.92 Å². The predicted octanol–water partition coefficient (Wildman–Crippen LogP) is 3.32. The zero-order valence-corrected chi connectivity index (χ0v) is 11.9. The molecule has 1 aromatic heterocycles. The van der Waals surface area contributed by atoms with Crippen LogP contribution in [-0.4, -0.2) is 15.9 Å². The SMILES string of the molecule is C[C@H](NC(=O)C1CCCCC1)c1nc2ccccc2[nH]1. The van der Waals surface area contributed by atoms with Crippen LogP contribution in [0.4, 0.5) is 0 Å². The fourth-order valence-electron chi connectivity index (χ4n) is 2.94. The first kappa shape index (κ1) is 13.2. The summed E-state index contributed by atoms with van der Waals surface area (Å²) < 4.78 is 0. The van der Waals surface area contributed by atoms with Gasteiger partial charge in [0.1, 0.15) is 5.82 Å². The summed E-state index contributed by atoms with van der Waals surface area (Å²) in [5.41, 5.74) is 1.96. The first-order chi connectivity index (χ1) is 9.74. The minimum Gasteiger partial charge on any atom is -0.346 e. The van der Waals surface area contributed by atoms with E-state index < -0.39 is 0 Å². The lowest BCUT2D eigenvalue weighted by Crippen LogP contribution is -2.34. The van der Waals surface area contributed by atoms with Crippen molar-refractivity contribution < 1.29 is 4.79 Å². The quantitative estimate of drug-likeness (QED) is 0.899. The molecule has 1 fully saturated rings. The molecule has 2 N–H and O–H groups in total. The van der Waals surface area contributed by atoms with Gasteiger partial charge in [-0.2, -0.15) is 0 Å². The van der Waals surface area contributed by atoms with Gasteiger partial charge in [-0.15, -0.1) is 0 Å². The number of aromatic nitrogens is 2. The van der Waals surface area contributed by atoms with Crippen LogP contribution in [-0.2, 0) is 4.79 Å². The number of para-hydroxylation sites is 2. The van der Waals surface area contributed by atoms with Crippen molar-refractivity contribution in [3.63, 3.8) is 0 Å². The average Bonchev–Trinajstić information content (AvgIpc) is 2.92. The minimum absolute atomic E-state index is 0.0724. The Bertz CT molecular complexity index is 566. The summed E-state index contributed by atoms with van der Waals surface area (Å²) in [7, 11) is 0. The first-order valence-electron chi connectivity index (χ1n) is 7.49. The van der Waals surface area contributed by atoms with Crippen molar-refractivity contribution in [3.8, 4) is 0 Å². The van der Waals surface area contributed by atoms with Crippen LogP contribution in [0.2, 0.25) is 0 Å². The van der Waals surface area contributed by atoms with Gasteiger partial charge in [-0.3, -0.25) is 4.79 Å². The highest BCUT2D eigenvalue weighted by atomic mass is 16.1. The van der Waals surface area contributed by atoms with Gasteiger partial charge in [0.25, 0.3) is 0 Å². The van der Waals surface area contributed by atoms with Gasteiger partial charge in [0.05, 0.1) is 17.1 Å². The largest absolute Gasteiger partial charge is 0.346 e. The monoisotopic (exact) mass is 271 g/mol. The lowest BCUT2D eigenvalue weighted by atomic mass is 9.88. The van der Waals surface area contributed by atoms with E-state index in [9.17, 15) is 4.79 Å². The second-order valence-electron chi connectivity index (χ2n) is 5.70. The summed E-state index contributed by atoms with van der Waals surface area (Å²) in [4.78, 5) is 20.1. The van der Waals surface area contributed by atoms with Gasteiger partial charge in [0.15, 0.2) is 0 Å². The van der Waals surface area contributed by atoms with Crippen LogP contribution in [0.15, 0.2) is 24.3 Å². The Morgan fingerprint density at radius 2 is 2.05 bits per heavy atom. The van der Waals surface area contributed by atoms with E-state index in [-0.39, 0.29) is 17.9 Å². The molecule has 4 nitrogen and oxygen atoms in total. The molecule has 0 radical (unpaired) electrons. The number of hydrogen-bond donors (Lipinski definition) is 2. The van der Waals surface area contributed by atoms with Gasteiger partial charge in [-0.05, 0) is 31.9 Å². The maximum absolute atomic E-state index is 12.2. The van der Waals surface area contributed by atoms with Crippen LogP contribution >= 0.6 is 0 Å². The minimum atomic E-state index is -0.0724. The Morgan fingerprint density at radius 3 is 2.80 bits per heavy atom. The second-order valence-corrected chi connectivity index (χ2v) is 5.70. The third-order valence-electron chi connectivity index (χ3n) is 4.15. The molecule has 1 saturated carbocycles. The standard InChI is InChI=1S/C16H21N3O/c1-11(17-16(20)12-7-3-2-4-8-12)15-18-13-9-5-6-10-14(13)19-15/h5-6,9-12H,2-4,7-8H2,1H3,(H,17,20)(H,18,19)/t11-/m0/s1. The number of carbonyl (C=O) groups is 1. The molecular weight excluding hydrogens is 250 g/mol. The van der Waals surface area contributed by atoms with Gasteiger partial charge in [-0.25, -0.2) is 4.98 Å². The summed E-state index contributed by atoms with van der Waals surface area (Å²) >= 11 is 0. The van der Waals surface area contributed by atoms with E-state index in [0.717, 1.165) is 29.7 Å². The molecule has 1 amide bonds. The van der Waals surface area contributed by atoms with Crippen LogP contribution < -0.4 is 5.32 Å². The smallest absolute Gasteiger partial charge is 0.223 e. The predicted molar refractivity (Wildman–Crippen MR) is 79.2 cm³/mol. The molecule has 3 rings (SSSR count). The van der Waals surface area contributed by atoms with Crippen LogP contribution in [0.25, 0.3) is 11.0 Å². The van der Waals surface area contributed by atoms with Gasteiger partial charge < -0.3 is 10.3 Å². The molecule has 0 unspecified atom stereocenters. The number of nitrogens with zero attached hydrogens (tertiary/aromatic N) is 1. The van der Waals surface area contributed by atoms with Gasteiger partial charge >= 0.3 is 0 Å². The lowest BCUT2D eigenvalue weighted by molar-refractivity contribution is -0.126. The van der Waals surface area contributed by atoms with Gasteiger partial charge in [0, 0.05) is 5.92 Å². The summed E-state index contributed by atoms with van der Waals surface area (Å²) in [6.07, 6.45) is 5.68. The molecule has 1 aliphatic carbocycles. The van der Waals surface area contributed by atoms with E-state index in [4.69, 9.17) is 0 Å². The molecule has 2 aromatic rings. The molecule has 0 saturated heterocycles. The number of nitrogens with one attached hydrogen (secondary N) is 2. The summed E-state index contributed by atoms with van der Waals surface area (Å²) in [6.45, 7) is 1.98. The van der Waals surface area contributed by atoms with E-state index in [1.165, 1.54) is 19.3 Å². The second kappa shape index (κ2) is 5.65. The summed E-state index contributed by atoms with van der Waals surface area (Å²) in [6, 6.07) is 7.86. The van der Waals surface area contributed by atoms with Crippen molar-refractivity contribution in [1.82, 2.24) is 15.3 Å². The number of H-pyrrole nitrogens is 1. The van der Waals surface area contributed by atoms with Crippen LogP contribution in [0.5, 0.6) is 0 Å². The van der Waals surface area contributed by atoms with Crippen molar-refractivity contribution >= 4 is 16.9 Å². The number of aromatic amines is 1. The van der Waals surface area contributed by atoms with Crippen molar-refractivity contribution in [1.29, 1.82) is 0 Å². The highest BCUT2D eigenvalue weighted by Gasteiger charge is 2.23. The Balaban J connectivity index is 1.68. The van der Waals surface area contributed by atoms with Crippen LogP contribution in [0.3, 0.4) is 0 Å². The van der Waals surface area contributed by atoms with Crippen molar-refractivity contribution in [2.45, 2.75) is 45.1 Å². The number of carbonyl (C=O) groups excluding carboxylic acids is 1. The molecule has 4 heteroatoms. The fraction of sp³-hybridized carbons (Fsp3) is 0.500. The fourth-order valence-corrected chi connectivity index (χ4v) is 2.94. The zero-order valence-electron chi connectivity index (χ0n) is 11.9. The van der Waals surface area contributed by atoms with E-state index in [2.05, 4.69) is 15.3 Å². The Morgan fingerprint density at radius 1 is 1.30 bits per heavy atom. The maximum Gasteiger partial charge on any atom is 0.223 e.